The molecular formula is C18H25O3RaRb. The van der Waals surface area contributed by atoms with Crippen LogP contribution in [-0.4, -0.2) is 80.5 Å². The van der Waals surface area contributed by atoms with Gasteiger partial charge in [-0.15, -0.1) is 0 Å². The Morgan fingerprint density at radius 1 is 1.17 bits per heavy atom. The van der Waals surface area contributed by atoms with Crippen LogP contribution in [0.4, 0.5) is 0 Å². The van der Waals surface area contributed by atoms with Crippen molar-refractivity contribution in [2.24, 2.45) is 11.3 Å². The molecule has 1 aromatic rings. The maximum atomic E-state index is 6.52. The summed E-state index contributed by atoms with van der Waals surface area (Å²) in [5.74, 6) is 0.395. The van der Waals surface area contributed by atoms with E-state index >= 15 is 0 Å². The molecule has 0 aliphatic carbocycles. The van der Waals surface area contributed by atoms with E-state index in [9.17, 15) is 0 Å². The second kappa shape index (κ2) is 8.17. The van der Waals surface area contributed by atoms with Gasteiger partial charge in [0.1, 0.15) is 0 Å². The van der Waals surface area contributed by atoms with E-state index in [1.165, 1.54) is 11.1 Å². The van der Waals surface area contributed by atoms with Crippen LogP contribution in [-0.2, 0) is 27.4 Å². The van der Waals surface area contributed by atoms with E-state index in [2.05, 4.69) is 39.8 Å². The number of rotatable bonds is 0. The molecule has 2 aliphatic rings. The van der Waals surface area contributed by atoms with Crippen molar-refractivity contribution in [1.29, 1.82) is 0 Å². The Kier molecular flexibility index (Phi) is 7.14. The fourth-order valence-electron chi connectivity index (χ4n) is 3.95. The molecule has 0 saturated carbocycles. The van der Waals surface area contributed by atoms with Gasteiger partial charge in [0.25, 0.3) is 0 Å². The summed E-state index contributed by atoms with van der Waals surface area (Å²) in [4.78, 5) is 0. The van der Waals surface area contributed by atoms with E-state index < -0.39 is 0 Å². The summed E-state index contributed by atoms with van der Waals surface area (Å²) >= 11 is 0.980. The van der Waals surface area contributed by atoms with Crippen LogP contribution >= 0.6 is 0 Å². The average Bonchev–Trinajstić information content (AvgIpc) is 2.47. The SMILES string of the molecule is CC1OC2COCc3c[c]([RaH])[c]([Rb])cc3CO[C@@H](C1C)C2(C)C. The number of ether oxygens (including phenoxy) is 3. The zero-order valence-corrected chi connectivity index (χ0v) is 28.4. The fraction of sp³-hybridized carbons (Fsp3) is 0.667. The van der Waals surface area contributed by atoms with Gasteiger partial charge in [0.05, 0.1) is 0 Å². The number of hydrogen-bond donors (Lipinski definition) is 0. The van der Waals surface area contributed by atoms with Crippen molar-refractivity contribution in [3.8, 4) is 0 Å². The van der Waals surface area contributed by atoms with Gasteiger partial charge in [-0.2, -0.15) is 0 Å². The first-order valence-corrected chi connectivity index (χ1v) is 15.3. The van der Waals surface area contributed by atoms with Crippen LogP contribution in [0.3, 0.4) is 0 Å². The van der Waals surface area contributed by atoms with E-state index in [0.29, 0.717) is 124 Å². The van der Waals surface area contributed by atoms with Crippen molar-refractivity contribution in [3.05, 3.63) is 23.3 Å². The Bertz CT molecular complexity index is 590. The third-order valence-electron chi connectivity index (χ3n) is 5.92. The Labute approximate surface area is 208 Å². The molecule has 5 heteroatoms. The molecule has 0 amide bonds. The van der Waals surface area contributed by atoms with Crippen molar-refractivity contribution < 1.29 is 57.0 Å². The van der Waals surface area contributed by atoms with E-state index in [4.69, 9.17) is 14.2 Å². The Morgan fingerprint density at radius 2 is 1.87 bits per heavy atom. The predicted molar refractivity (Wildman–Crippen MR) is 88.4 cm³/mol. The normalized spacial score (nSPS) is 33.8. The van der Waals surface area contributed by atoms with E-state index in [-0.39, 0.29) is 23.7 Å². The molecule has 3 unspecified atom stereocenters. The average molecular weight is 601 g/mol. The predicted octanol–water partition coefficient (Wildman–Crippen LogP) is 1.25. The van der Waals surface area contributed by atoms with Crippen molar-refractivity contribution in [2.75, 3.05) is 6.61 Å². The summed E-state index contributed by atoms with van der Waals surface area (Å²) in [5.41, 5.74) is 2.65. The molecule has 3 rings (SSSR count). The molecule has 3 nitrogen and oxygen atoms in total. The van der Waals surface area contributed by atoms with Crippen LogP contribution in [0.15, 0.2) is 12.1 Å². The van der Waals surface area contributed by atoms with Gasteiger partial charge in [0, 0.05) is 0 Å². The molecule has 23 heavy (non-hydrogen) atoms. The van der Waals surface area contributed by atoms with Crippen LogP contribution in [0, 0.1) is 54.1 Å². The molecule has 0 N–H and O–H groups in total. The number of benzene rings is 1. The quantitative estimate of drug-likeness (QED) is 0.449. The van der Waals surface area contributed by atoms with Crippen LogP contribution in [0.2, 0.25) is 0 Å². The first-order valence-electron chi connectivity index (χ1n) is 8.74. The molecular weight excluding hydrogens is 576 g/mol. The van der Waals surface area contributed by atoms with Gasteiger partial charge in [-0.1, -0.05) is 0 Å². The van der Waals surface area contributed by atoms with Crippen LogP contribution < -0.4 is -0.764 Å². The summed E-state index contributed by atoms with van der Waals surface area (Å²) in [6, 6.07) is 4.80. The van der Waals surface area contributed by atoms with E-state index in [0.717, 1.165) is 0 Å². The zero-order valence-electron chi connectivity index (χ0n) is 15.3. The molecule has 1 saturated heterocycles. The molecule has 0 radical (unpaired) electrons. The van der Waals surface area contributed by atoms with Crippen molar-refractivity contribution >= 4 is 54.8 Å². The molecule has 1 aromatic carbocycles. The van der Waals surface area contributed by atoms with Crippen LogP contribution in [0.5, 0.6) is 0 Å². The second-order valence-electron chi connectivity index (χ2n) is 7.96. The monoisotopic (exact) mass is 600 g/mol. The molecule has 0 aromatic heterocycles. The van der Waals surface area contributed by atoms with Gasteiger partial charge in [-0.25, -0.2) is 0 Å². The maximum absolute atomic E-state index is 6.52. The summed E-state index contributed by atoms with van der Waals surface area (Å²) in [5, 5.41) is 0. The molecule has 0 spiro atoms. The van der Waals surface area contributed by atoms with Gasteiger partial charge in [-0.05, 0) is 0 Å². The minimum atomic E-state index is -0.0279. The molecule has 2 aliphatic heterocycles. The first kappa shape index (κ1) is 20.1. The number of hydrogen-bond acceptors (Lipinski definition) is 3. The van der Waals surface area contributed by atoms with Gasteiger partial charge in [-0.3, -0.25) is 0 Å². The Morgan fingerprint density at radius 3 is 2.61 bits per heavy atom. The summed E-state index contributed by atoms with van der Waals surface area (Å²) in [7, 11) is 0. The molecule has 4 atom stereocenters. The standard InChI is InChI=1S/C18H24O3.Ra.Rb.H/c1-12-13(2)21-16-11-19-9-14-7-5-6-8-15(14)10-20-17(12)18(16,3)4;;;/h7-8,12-13,16-17H,9-11H2,1-4H3;;;/t12?,13?,16?,17-;;;/m0.../s1. The fourth-order valence-corrected chi connectivity index (χ4v) is 7.18. The summed E-state index contributed by atoms with van der Waals surface area (Å²) in [6.07, 6.45) is 0.520. The van der Waals surface area contributed by atoms with Gasteiger partial charge >= 0.3 is 212 Å². The van der Waals surface area contributed by atoms with Crippen LogP contribution in [0.25, 0.3) is 0 Å². The van der Waals surface area contributed by atoms with Crippen LogP contribution in [0.1, 0.15) is 38.8 Å². The van der Waals surface area contributed by atoms with Gasteiger partial charge < -0.3 is 0 Å². The molecule has 2 heterocycles. The Hall–Kier alpha value is 2.37. The summed E-state index contributed by atoms with van der Waals surface area (Å²) in [6.45, 7) is 11.0. The molecule has 2 bridgehead atoms. The van der Waals surface area contributed by atoms with Crippen molar-refractivity contribution in [2.45, 2.75) is 59.2 Å². The third kappa shape index (κ3) is 4.28. The summed E-state index contributed by atoms with van der Waals surface area (Å²) < 4.78 is 22.1. The van der Waals surface area contributed by atoms with Crippen molar-refractivity contribution in [3.63, 3.8) is 0 Å². The zero-order chi connectivity index (χ0) is 16.8. The third-order valence-corrected chi connectivity index (χ3v) is 23.1. The molecule has 1 fully saturated rings. The molecule has 118 valence electrons. The number of fused-ring (bicyclic) bond motifs is 3. The Balaban J connectivity index is 1.95. The second-order valence-corrected chi connectivity index (χ2v) is 15.0. The van der Waals surface area contributed by atoms with Gasteiger partial charge in [0.15, 0.2) is 0 Å². The van der Waals surface area contributed by atoms with Crippen molar-refractivity contribution in [1.82, 2.24) is 0 Å². The van der Waals surface area contributed by atoms with E-state index in [1.54, 1.807) is -0.764 Å². The first-order chi connectivity index (χ1) is 10.8. The minimum absolute atomic E-state index is 0.0279. The van der Waals surface area contributed by atoms with E-state index in [1.807, 2.05) is 0 Å². The topological polar surface area (TPSA) is 27.7 Å². The van der Waals surface area contributed by atoms with Gasteiger partial charge in [0.2, 0.25) is 0 Å².